The summed E-state index contributed by atoms with van der Waals surface area (Å²) in [7, 11) is 2.00. The summed E-state index contributed by atoms with van der Waals surface area (Å²) in [6.07, 6.45) is 5.64. The minimum Gasteiger partial charge on any atom is -0.319 e. The monoisotopic (exact) mass is 329 g/mol. The summed E-state index contributed by atoms with van der Waals surface area (Å²) in [6, 6.07) is 4.98. The molecule has 1 rings (SSSR count). The Hall–Kier alpha value is -0.410. The highest BCUT2D eigenvalue weighted by Crippen LogP contribution is 2.35. The van der Waals surface area contributed by atoms with Crippen molar-refractivity contribution >= 4 is 15.9 Å². The van der Waals surface area contributed by atoms with Crippen LogP contribution in [0.2, 0.25) is 0 Å². The second-order valence-corrected chi connectivity index (χ2v) is 6.25. The second-order valence-electron chi connectivity index (χ2n) is 5.40. The van der Waals surface area contributed by atoms with Gasteiger partial charge in [-0.3, -0.25) is 0 Å². The van der Waals surface area contributed by atoms with Crippen molar-refractivity contribution in [2.45, 2.75) is 46.0 Å². The van der Waals surface area contributed by atoms with Crippen LogP contribution < -0.4 is 5.32 Å². The van der Waals surface area contributed by atoms with Gasteiger partial charge in [0.2, 0.25) is 0 Å². The molecule has 0 fully saturated rings. The van der Waals surface area contributed by atoms with E-state index in [9.17, 15) is 4.39 Å². The summed E-state index contributed by atoms with van der Waals surface area (Å²) in [4.78, 5) is 0. The fourth-order valence-corrected chi connectivity index (χ4v) is 3.06. The highest BCUT2D eigenvalue weighted by molar-refractivity contribution is 9.10. The maximum absolute atomic E-state index is 13.4. The van der Waals surface area contributed by atoms with Gasteiger partial charge < -0.3 is 5.32 Å². The van der Waals surface area contributed by atoms with Gasteiger partial charge in [0, 0.05) is 11.0 Å². The topological polar surface area (TPSA) is 12.0 Å². The van der Waals surface area contributed by atoms with Crippen LogP contribution in [0.25, 0.3) is 0 Å². The molecule has 0 bridgehead atoms. The summed E-state index contributed by atoms with van der Waals surface area (Å²) < 4.78 is 14.4. The van der Waals surface area contributed by atoms with Crippen LogP contribution in [0.1, 0.15) is 45.1 Å². The molecule has 0 radical (unpaired) electrons. The molecular formula is C16H25BrFN. The lowest BCUT2D eigenvalue weighted by atomic mass is 9.75. The molecule has 0 heterocycles. The van der Waals surface area contributed by atoms with E-state index in [2.05, 4.69) is 35.1 Å². The number of hydrogen-bond acceptors (Lipinski definition) is 1. The SMILES string of the molecule is CCCCC(CC)(CNC)Cc1cc(F)ccc1Br. The Morgan fingerprint density at radius 2 is 2.05 bits per heavy atom. The standard InChI is InChI=1S/C16H25BrFN/c1-4-6-9-16(5-2,12-19-3)11-13-10-14(18)7-8-15(13)17/h7-8,10,19H,4-6,9,11-12H2,1-3H3. The summed E-state index contributed by atoms with van der Waals surface area (Å²) in [5.74, 6) is -0.150. The molecule has 1 unspecified atom stereocenters. The molecule has 0 aromatic heterocycles. The van der Waals surface area contributed by atoms with E-state index in [1.807, 2.05) is 13.1 Å². The Bertz CT molecular complexity index is 394. The Morgan fingerprint density at radius 3 is 2.63 bits per heavy atom. The zero-order chi connectivity index (χ0) is 14.3. The summed E-state index contributed by atoms with van der Waals surface area (Å²) >= 11 is 3.54. The van der Waals surface area contributed by atoms with Crippen LogP contribution in [0, 0.1) is 11.2 Å². The average molecular weight is 330 g/mol. The molecule has 0 saturated heterocycles. The van der Waals surface area contributed by atoms with E-state index in [1.165, 1.54) is 25.3 Å². The molecule has 0 aliphatic rings. The molecule has 1 atom stereocenters. The highest BCUT2D eigenvalue weighted by atomic mass is 79.9. The van der Waals surface area contributed by atoms with Crippen LogP contribution in [0.4, 0.5) is 4.39 Å². The maximum Gasteiger partial charge on any atom is 0.123 e. The Kier molecular flexibility index (Phi) is 7.01. The van der Waals surface area contributed by atoms with Gasteiger partial charge in [0.25, 0.3) is 0 Å². The predicted molar refractivity (Wildman–Crippen MR) is 84.0 cm³/mol. The summed E-state index contributed by atoms with van der Waals surface area (Å²) in [6.45, 7) is 5.44. The lowest BCUT2D eigenvalue weighted by Gasteiger charge is -2.33. The highest BCUT2D eigenvalue weighted by Gasteiger charge is 2.28. The van der Waals surface area contributed by atoms with Crippen molar-refractivity contribution in [1.29, 1.82) is 0 Å². The smallest absolute Gasteiger partial charge is 0.123 e. The third-order valence-electron chi connectivity index (χ3n) is 3.94. The molecule has 0 aliphatic heterocycles. The maximum atomic E-state index is 13.4. The fourth-order valence-electron chi connectivity index (χ4n) is 2.68. The first-order valence-corrected chi connectivity index (χ1v) is 7.94. The summed E-state index contributed by atoms with van der Waals surface area (Å²) in [5, 5.41) is 3.31. The van der Waals surface area contributed by atoms with Crippen LogP contribution in [-0.2, 0) is 6.42 Å². The van der Waals surface area contributed by atoms with Gasteiger partial charge in [0.15, 0.2) is 0 Å². The van der Waals surface area contributed by atoms with Gasteiger partial charge in [-0.05, 0) is 55.5 Å². The molecule has 0 amide bonds. The molecule has 1 N–H and O–H groups in total. The van der Waals surface area contributed by atoms with Crippen LogP contribution in [0.15, 0.2) is 22.7 Å². The van der Waals surface area contributed by atoms with E-state index in [0.29, 0.717) is 0 Å². The lowest BCUT2D eigenvalue weighted by molar-refractivity contribution is 0.234. The van der Waals surface area contributed by atoms with Crippen molar-refractivity contribution in [2.24, 2.45) is 5.41 Å². The largest absolute Gasteiger partial charge is 0.319 e. The number of nitrogens with one attached hydrogen (secondary N) is 1. The first-order valence-electron chi connectivity index (χ1n) is 7.15. The van der Waals surface area contributed by atoms with Gasteiger partial charge in [0.1, 0.15) is 5.82 Å². The van der Waals surface area contributed by atoms with Gasteiger partial charge >= 0.3 is 0 Å². The van der Waals surface area contributed by atoms with Crippen molar-refractivity contribution in [3.8, 4) is 0 Å². The van der Waals surface area contributed by atoms with E-state index in [1.54, 1.807) is 6.07 Å². The van der Waals surface area contributed by atoms with Crippen LogP contribution in [-0.4, -0.2) is 13.6 Å². The van der Waals surface area contributed by atoms with Gasteiger partial charge in [-0.1, -0.05) is 42.6 Å². The molecule has 0 aliphatic carbocycles. The Balaban J connectivity index is 2.94. The van der Waals surface area contributed by atoms with Crippen molar-refractivity contribution in [1.82, 2.24) is 5.32 Å². The van der Waals surface area contributed by atoms with Crippen molar-refractivity contribution < 1.29 is 4.39 Å². The number of halogens is 2. The van der Waals surface area contributed by atoms with Crippen LogP contribution >= 0.6 is 15.9 Å². The van der Waals surface area contributed by atoms with Gasteiger partial charge in [-0.2, -0.15) is 0 Å². The Morgan fingerprint density at radius 1 is 1.32 bits per heavy atom. The number of benzene rings is 1. The fraction of sp³-hybridized carbons (Fsp3) is 0.625. The molecule has 1 aromatic rings. The first-order chi connectivity index (χ1) is 9.06. The van der Waals surface area contributed by atoms with Crippen molar-refractivity contribution in [3.63, 3.8) is 0 Å². The van der Waals surface area contributed by atoms with E-state index in [0.717, 1.165) is 29.4 Å². The van der Waals surface area contributed by atoms with Gasteiger partial charge in [0.05, 0.1) is 0 Å². The van der Waals surface area contributed by atoms with Gasteiger partial charge in [-0.15, -0.1) is 0 Å². The number of hydrogen-bond donors (Lipinski definition) is 1. The van der Waals surface area contributed by atoms with Gasteiger partial charge in [-0.25, -0.2) is 4.39 Å². The van der Waals surface area contributed by atoms with E-state index >= 15 is 0 Å². The Labute approximate surface area is 125 Å². The summed E-state index contributed by atoms with van der Waals surface area (Å²) in [5.41, 5.74) is 1.30. The predicted octanol–water partition coefficient (Wildman–Crippen LogP) is 4.94. The lowest BCUT2D eigenvalue weighted by Crippen LogP contribution is -2.34. The third kappa shape index (κ3) is 4.88. The molecule has 0 saturated carbocycles. The second kappa shape index (κ2) is 8.01. The molecule has 1 nitrogen and oxygen atoms in total. The molecule has 108 valence electrons. The van der Waals surface area contributed by atoms with E-state index < -0.39 is 0 Å². The van der Waals surface area contributed by atoms with Crippen molar-refractivity contribution in [3.05, 3.63) is 34.1 Å². The molecular weight excluding hydrogens is 305 g/mol. The van der Waals surface area contributed by atoms with E-state index in [-0.39, 0.29) is 11.2 Å². The average Bonchev–Trinajstić information content (AvgIpc) is 2.40. The molecule has 19 heavy (non-hydrogen) atoms. The van der Waals surface area contributed by atoms with Crippen LogP contribution in [0.3, 0.4) is 0 Å². The van der Waals surface area contributed by atoms with Crippen molar-refractivity contribution in [2.75, 3.05) is 13.6 Å². The minimum atomic E-state index is -0.150. The van der Waals surface area contributed by atoms with Crippen LogP contribution in [0.5, 0.6) is 0 Å². The quantitative estimate of drug-likeness (QED) is 0.712. The number of unbranched alkanes of at least 4 members (excludes halogenated alkanes) is 1. The first kappa shape index (κ1) is 16.6. The molecule has 0 spiro atoms. The number of rotatable bonds is 8. The third-order valence-corrected chi connectivity index (χ3v) is 4.71. The molecule has 3 heteroatoms. The van der Waals surface area contributed by atoms with E-state index in [4.69, 9.17) is 0 Å². The molecule has 1 aromatic carbocycles. The zero-order valence-electron chi connectivity index (χ0n) is 12.2. The normalized spacial score (nSPS) is 14.4. The minimum absolute atomic E-state index is 0.150. The zero-order valence-corrected chi connectivity index (χ0v) is 13.8.